The highest BCUT2D eigenvalue weighted by molar-refractivity contribution is 7.88. The molecule has 0 aliphatic rings. The van der Waals surface area contributed by atoms with Crippen LogP contribution in [-0.4, -0.2) is 29.7 Å². The molecule has 9 heteroatoms. The lowest BCUT2D eigenvalue weighted by Gasteiger charge is -2.09. The van der Waals surface area contributed by atoms with Gasteiger partial charge in [0.2, 0.25) is 10.0 Å². The minimum Gasteiger partial charge on any atom is -0.268 e. The highest BCUT2D eigenvalue weighted by Gasteiger charge is 2.13. The minimum absolute atomic E-state index is 0.0885. The Hall–Kier alpha value is -2.36. The van der Waals surface area contributed by atoms with Gasteiger partial charge in [0, 0.05) is 12.6 Å². The Kier molecular flexibility index (Phi) is 6.07. The van der Waals surface area contributed by atoms with Gasteiger partial charge in [0.1, 0.15) is 5.69 Å². The summed E-state index contributed by atoms with van der Waals surface area (Å²) in [6.45, 7) is 5.97. The first-order valence-corrected chi connectivity index (χ1v) is 11.3. The number of hydrogen-bond donors (Lipinski definition) is 1. The molecule has 148 valence electrons. The molecular weight excluding hydrogens is 396 g/mol. The molecule has 0 aliphatic carbocycles. The molecule has 0 saturated heterocycles. The Bertz CT molecular complexity index is 1150. The van der Waals surface area contributed by atoms with E-state index in [4.69, 9.17) is 0 Å². The van der Waals surface area contributed by atoms with Crippen molar-refractivity contribution in [2.75, 3.05) is 6.54 Å². The van der Waals surface area contributed by atoms with Crippen molar-refractivity contribution in [1.29, 1.82) is 0 Å². The summed E-state index contributed by atoms with van der Waals surface area (Å²) in [4.78, 5) is 17.4. The average Bonchev–Trinajstić information content (AvgIpc) is 2.94. The van der Waals surface area contributed by atoms with Crippen LogP contribution in [0.5, 0.6) is 0 Å². The van der Waals surface area contributed by atoms with E-state index in [1.54, 1.807) is 12.1 Å². The zero-order valence-electron chi connectivity index (χ0n) is 16.0. The van der Waals surface area contributed by atoms with Crippen LogP contribution < -0.4 is 10.3 Å². The Morgan fingerprint density at radius 2 is 1.93 bits per heavy atom. The van der Waals surface area contributed by atoms with Gasteiger partial charge in [-0.2, -0.15) is 5.10 Å². The summed E-state index contributed by atoms with van der Waals surface area (Å²) < 4.78 is 28.4. The SMILES string of the molecule is Cc1cccc(CS(=O)(=O)NCCn2nc(-c3sc(C)nc3C)ccc2=O)c1. The number of nitrogens with one attached hydrogen (secondary N) is 1. The maximum atomic E-state index is 12.3. The molecule has 0 saturated carbocycles. The summed E-state index contributed by atoms with van der Waals surface area (Å²) in [7, 11) is -3.50. The van der Waals surface area contributed by atoms with Crippen LogP contribution >= 0.6 is 11.3 Å². The molecule has 3 rings (SSSR count). The Morgan fingerprint density at radius 3 is 2.61 bits per heavy atom. The number of rotatable bonds is 7. The predicted molar refractivity (Wildman–Crippen MR) is 111 cm³/mol. The van der Waals surface area contributed by atoms with Gasteiger partial charge < -0.3 is 0 Å². The third-order valence-electron chi connectivity index (χ3n) is 4.09. The molecule has 0 atom stereocenters. The second-order valence-electron chi connectivity index (χ2n) is 6.57. The molecule has 0 amide bonds. The highest BCUT2D eigenvalue weighted by Crippen LogP contribution is 2.27. The molecule has 0 aliphatic heterocycles. The first-order chi connectivity index (χ1) is 13.2. The zero-order chi connectivity index (χ0) is 20.3. The van der Waals surface area contributed by atoms with Crippen molar-refractivity contribution in [3.8, 4) is 10.6 Å². The van der Waals surface area contributed by atoms with E-state index in [0.29, 0.717) is 5.69 Å². The van der Waals surface area contributed by atoms with Crippen molar-refractivity contribution < 1.29 is 8.42 Å². The zero-order valence-corrected chi connectivity index (χ0v) is 17.6. The molecule has 0 bridgehead atoms. The van der Waals surface area contributed by atoms with Crippen LogP contribution in [0.2, 0.25) is 0 Å². The van der Waals surface area contributed by atoms with Gasteiger partial charge in [-0.05, 0) is 32.4 Å². The van der Waals surface area contributed by atoms with Gasteiger partial charge >= 0.3 is 0 Å². The Balaban J connectivity index is 1.68. The second kappa shape index (κ2) is 8.34. The van der Waals surface area contributed by atoms with E-state index in [1.807, 2.05) is 39.0 Å². The summed E-state index contributed by atoms with van der Waals surface area (Å²) in [6.07, 6.45) is 0. The largest absolute Gasteiger partial charge is 0.268 e. The summed E-state index contributed by atoms with van der Waals surface area (Å²) in [5.74, 6) is -0.101. The molecule has 2 heterocycles. The van der Waals surface area contributed by atoms with E-state index in [9.17, 15) is 13.2 Å². The molecule has 0 radical (unpaired) electrons. The van der Waals surface area contributed by atoms with Gasteiger partial charge in [-0.3, -0.25) is 4.79 Å². The van der Waals surface area contributed by atoms with Crippen LogP contribution in [0.1, 0.15) is 21.8 Å². The Labute approximate surface area is 168 Å². The predicted octanol–water partition coefficient (Wildman–Crippen LogP) is 2.41. The molecule has 3 aromatic rings. The fourth-order valence-corrected chi connectivity index (χ4v) is 4.89. The van der Waals surface area contributed by atoms with E-state index < -0.39 is 10.0 Å². The van der Waals surface area contributed by atoms with Gasteiger partial charge in [-0.25, -0.2) is 22.8 Å². The maximum absolute atomic E-state index is 12.3. The van der Waals surface area contributed by atoms with Crippen molar-refractivity contribution in [1.82, 2.24) is 19.5 Å². The molecule has 7 nitrogen and oxygen atoms in total. The normalized spacial score (nSPS) is 11.7. The first kappa shape index (κ1) is 20.4. The molecular formula is C19H22N4O3S2. The van der Waals surface area contributed by atoms with Crippen LogP contribution in [0, 0.1) is 20.8 Å². The lowest BCUT2D eigenvalue weighted by molar-refractivity contribution is 0.548. The van der Waals surface area contributed by atoms with E-state index in [1.165, 1.54) is 22.1 Å². The number of nitrogens with zero attached hydrogens (tertiary/aromatic N) is 3. The highest BCUT2D eigenvalue weighted by atomic mass is 32.2. The van der Waals surface area contributed by atoms with Crippen molar-refractivity contribution in [2.45, 2.75) is 33.1 Å². The van der Waals surface area contributed by atoms with Gasteiger partial charge in [0.25, 0.3) is 5.56 Å². The van der Waals surface area contributed by atoms with Crippen molar-refractivity contribution in [2.24, 2.45) is 0 Å². The summed E-state index contributed by atoms with van der Waals surface area (Å²) in [5, 5.41) is 5.30. The van der Waals surface area contributed by atoms with Crippen molar-refractivity contribution in [3.05, 3.63) is 68.6 Å². The van der Waals surface area contributed by atoms with E-state index in [2.05, 4.69) is 14.8 Å². The van der Waals surface area contributed by atoms with Gasteiger partial charge in [0.05, 0.1) is 27.9 Å². The smallest absolute Gasteiger partial charge is 0.266 e. The number of thiazole rings is 1. The fourth-order valence-electron chi connectivity index (χ4n) is 2.88. The van der Waals surface area contributed by atoms with Crippen molar-refractivity contribution >= 4 is 21.4 Å². The number of sulfonamides is 1. The van der Waals surface area contributed by atoms with Crippen LogP contribution in [0.25, 0.3) is 10.6 Å². The van der Waals surface area contributed by atoms with E-state index in [-0.39, 0.29) is 24.4 Å². The summed E-state index contributed by atoms with van der Waals surface area (Å²) in [6, 6.07) is 10.5. The summed E-state index contributed by atoms with van der Waals surface area (Å²) >= 11 is 1.51. The number of aromatic nitrogens is 3. The summed E-state index contributed by atoms with van der Waals surface area (Å²) in [5.41, 5.74) is 2.97. The third kappa shape index (κ3) is 5.12. The molecule has 0 fully saturated rings. The van der Waals surface area contributed by atoms with Crippen LogP contribution in [0.3, 0.4) is 0 Å². The maximum Gasteiger partial charge on any atom is 0.266 e. The van der Waals surface area contributed by atoms with E-state index in [0.717, 1.165) is 26.7 Å². The van der Waals surface area contributed by atoms with Crippen molar-refractivity contribution in [3.63, 3.8) is 0 Å². The minimum atomic E-state index is -3.50. The second-order valence-corrected chi connectivity index (χ2v) is 9.58. The monoisotopic (exact) mass is 418 g/mol. The van der Waals surface area contributed by atoms with Crippen LogP contribution in [-0.2, 0) is 22.3 Å². The molecule has 2 aromatic heterocycles. The molecule has 0 unspecified atom stereocenters. The lowest BCUT2D eigenvalue weighted by Crippen LogP contribution is -2.32. The fraction of sp³-hybridized carbons (Fsp3) is 0.316. The van der Waals surface area contributed by atoms with E-state index >= 15 is 0 Å². The molecule has 1 N–H and O–H groups in total. The van der Waals surface area contributed by atoms with Crippen LogP contribution in [0.4, 0.5) is 0 Å². The van der Waals surface area contributed by atoms with Crippen LogP contribution in [0.15, 0.2) is 41.2 Å². The number of hydrogen-bond acceptors (Lipinski definition) is 6. The average molecular weight is 419 g/mol. The lowest BCUT2D eigenvalue weighted by atomic mass is 10.2. The van der Waals surface area contributed by atoms with Gasteiger partial charge in [0.15, 0.2) is 0 Å². The van der Waals surface area contributed by atoms with Gasteiger partial charge in [-0.1, -0.05) is 29.8 Å². The standard InChI is InChI=1S/C19H22N4O3S2/c1-13-5-4-6-16(11-13)12-28(25,26)20-9-10-23-18(24)8-7-17(22-23)19-14(2)21-15(3)27-19/h4-8,11,20H,9-10,12H2,1-3H3. The molecule has 28 heavy (non-hydrogen) atoms. The van der Waals surface area contributed by atoms with Gasteiger partial charge in [-0.15, -0.1) is 11.3 Å². The quantitative estimate of drug-likeness (QED) is 0.636. The topological polar surface area (TPSA) is 93.9 Å². The third-order valence-corrected chi connectivity index (χ3v) is 6.54. The molecule has 1 aromatic carbocycles. The Morgan fingerprint density at radius 1 is 1.14 bits per heavy atom. The first-order valence-electron chi connectivity index (χ1n) is 8.79. The number of aryl methyl sites for hydroxylation is 3. The number of benzene rings is 1. The molecule has 0 spiro atoms.